The Bertz CT molecular complexity index is 280. The van der Waals surface area contributed by atoms with Gasteiger partial charge in [0.15, 0.2) is 6.29 Å². The van der Waals surface area contributed by atoms with Gasteiger partial charge in [0.25, 0.3) is 0 Å². The Balaban J connectivity index is 2.27. The topological polar surface area (TPSA) is 35.5 Å². The molecule has 2 rings (SSSR count). The number of carbonyl (C=O) groups is 1. The molecule has 1 fully saturated rings. The van der Waals surface area contributed by atoms with Crippen molar-refractivity contribution in [2.45, 2.75) is 19.6 Å². The van der Waals surface area contributed by atoms with Crippen LogP contribution in [-0.2, 0) is 14.3 Å². The lowest BCUT2D eigenvalue weighted by Crippen LogP contribution is -2.36. The van der Waals surface area contributed by atoms with Gasteiger partial charge in [-0.2, -0.15) is 0 Å². The highest BCUT2D eigenvalue weighted by atomic mass is 16.7. The number of hydrogen-bond acceptors (Lipinski definition) is 3. The van der Waals surface area contributed by atoms with E-state index in [9.17, 15) is 4.79 Å². The Morgan fingerprint density at radius 1 is 1.50 bits per heavy atom. The minimum Gasteiger partial charge on any atom is -0.356 e. The molecule has 1 saturated carbocycles. The molecule has 78 valence electrons. The molecule has 0 aliphatic heterocycles. The van der Waals surface area contributed by atoms with Gasteiger partial charge in [0.1, 0.15) is 5.78 Å². The summed E-state index contributed by atoms with van der Waals surface area (Å²) in [6, 6.07) is 0. The first-order valence-electron chi connectivity index (χ1n) is 4.91. The number of Topliss-reactive ketones (excluding diaryl/α,β-unsaturated/α-hetero) is 1. The second-order valence-corrected chi connectivity index (χ2v) is 4.30. The van der Waals surface area contributed by atoms with Gasteiger partial charge in [0, 0.05) is 26.6 Å². The zero-order chi connectivity index (χ0) is 10.3. The molecule has 0 aromatic carbocycles. The van der Waals surface area contributed by atoms with Gasteiger partial charge in [-0.1, -0.05) is 12.2 Å². The standard InChI is InChI=1S/C11H16O3/c1-11-5-4-7(6-8(11)12)9(11)10(13-2)14-3/h4-5,7,9-10H,6H2,1-3H3/t7-,9-,11+/m1/s1. The van der Waals surface area contributed by atoms with Crippen molar-refractivity contribution in [3.05, 3.63) is 12.2 Å². The maximum atomic E-state index is 11.7. The summed E-state index contributed by atoms with van der Waals surface area (Å²) in [5, 5.41) is 0. The number of ketones is 1. The Morgan fingerprint density at radius 2 is 2.14 bits per heavy atom. The molecular weight excluding hydrogens is 180 g/mol. The average Bonchev–Trinajstić information content (AvgIpc) is 2.60. The largest absolute Gasteiger partial charge is 0.356 e. The second kappa shape index (κ2) is 3.17. The summed E-state index contributed by atoms with van der Waals surface area (Å²) in [7, 11) is 3.25. The first kappa shape index (κ1) is 9.87. The van der Waals surface area contributed by atoms with Gasteiger partial charge < -0.3 is 9.47 Å². The van der Waals surface area contributed by atoms with Crippen molar-refractivity contribution in [3.8, 4) is 0 Å². The van der Waals surface area contributed by atoms with E-state index in [1.165, 1.54) is 0 Å². The molecule has 3 heteroatoms. The number of methoxy groups -OCH3 is 2. The van der Waals surface area contributed by atoms with Gasteiger partial charge in [0.2, 0.25) is 0 Å². The Kier molecular flexibility index (Phi) is 2.24. The highest BCUT2D eigenvalue weighted by Gasteiger charge is 2.56. The van der Waals surface area contributed by atoms with Crippen LogP contribution in [0, 0.1) is 17.3 Å². The monoisotopic (exact) mass is 196 g/mol. The van der Waals surface area contributed by atoms with Crippen LogP contribution in [-0.4, -0.2) is 26.3 Å². The van der Waals surface area contributed by atoms with Crippen molar-refractivity contribution in [2.75, 3.05) is 14.2 Å². The summed E-state index contributed by atoms with van der Waals surface area (Å²) in [5.74, 6) is 0.775. The molecule has 3 atom stereocenters. The summed E-state index contributed by atoms with van der Waals surface area (Å²) in [6.07, 6.45) is 4.50. The highest BCUT2D eigenvalue weighted by molar-refractivity contribution is 5.91. The smallest absolute Gasteiger partial charge is 0.161 e. The van der Waals surface area contributed by atoms with Gasteiger partial charge in [-0.05, 0) is 12.8 Å². The summed E-state index contributed by atoms with van der Waals surface area (Å²) in [5.41, 5.74) is -0.360. The third-order valence-corrected chi connectivity index (χ3v) is 3.62. The predicted octanol–water partition coefficient (Wildman–Crippen LogP) is 1.39. The fourth-order valence-electron chi connectivity index (χ4n) is 2.78. The van der Waals surface area contributed by atoms with E-state index in [0.717, 1.165) is 0 Å². The summed E-state index contributed by atoms with van der Waals surface area (Å²) in [6.45, 7) is 1.98. The van der Waals surface area contributed by atoms with Gasteiger partial charge in [-0.3, -0.25) is 4.79 Å². The molecule has 2 aliphatic rings. The molecule has 0 spiro atoms. The van der Waals surface area contributed by atoms with E-state index >= 15 is 0 Å². The van der Waals surface area contributed by atoms with Gasteiger partial charge in [-0.15, -0.1) is 0 Å². The van der Waals surface area contributed by atoms with E-state index in [2.05, 4.69) is 6.08 Å². The third kappa shape index (κ3) is 1.09. The van der Waals surface area contributed by atoms with Crippen LogP contribution in [0.25, 0.3) is 0 Å². The van der Waals surface area contributed by atoms with E-state index in [1.54, 1.807) is 14.2 Å². The SMILES string of the molecule is COC(OC)[C@H]1[C@@H]2C=C[C@@]1(C)C(=O)C2. The summed E-state index contributed by atoms with van der Waals surface area (Å²) in [4.78, 5) is 11.7. The molecule has 0 radical (unpaired) electrons. The lowest BCUT2D eigenvalue weighted by molar-refractivity contribution is -0.159. The Labute approximate surface area is 84.1 Å². The van der Waals surface area contributed by atoms with Crippen LogP contribution in [0.4, 0.5) is 0 Å². The maximum Gasteiger partial charge on any atom is 0.161 e. The van der Waals surface area contributed by atoms with Gasteiger partial charge >= 0.3 is 0 Å². The molecule has 0 amide bonds. The minimum absolute atomic E-state index is 0.157. The third-order valence-electron chi connectivity index (χ3n) is 3.62. The number of carbonyl (C=O) groups excluding carboxylic acids is 1. The highest BCUT2D eigenvalue weighted by Crippen LogP contribution is 2.53. The molecule has 2 aliphatic carbocycles. The lowest BCUT2D eigenvalue weighted by atomic mass is 9.81. The fraction of sp³-hybridized carbons (Fsp3) is 0.727. The zero-order valence-corrected chi connectivity index (χ0v) is 8.82. The first-order valence-corrected chi connectivity index (χ1v) is 4.91. The van der Waals surface area contributed by atoms with Gasteiger partial charge in [-0.25, -0.2) is 0 Å². The van der Waals surface area contributed by atoms with Crippen molar-refractivity contribution < 1.29 is 14.3 Å². The van der Waals surface area contributed by atoms with E-state index in [0.29, 0.717) is 18.1 Å². The molecule has 0 heterocycles. The first-order chi connectivity index (χ1) is 6.63. The van der Waals surface area contributed by atoms with Crippen LogP contribution in [0.15, 0.2) is 12.2 Å². The van der Waals surface area contributed by atoms with E-state index in [1.807, 2.05) is 13.0 Å². The second-order valence-electron chi connectivity index (χ2n) is 4.30. The summed E-state index contributed by atoms with van der Waals surface area (Å²) >= 11 is 0. The maximum absolute atomic E-state index is 11.7. The number of allylic oxidation sites excluding steroid dienone is 2. The van der Waals surface area contributed by atoms with Crippen molar-refractivity contribution >= 4 is 5.78 Å². The molecule has 0 aromatic heterocycles. The van der Waals surface area contributed by atoms with E-state index in [-0.39, 0.29) is 17.6 Å². The number of fused-ring (bicyclic) bond motifs is 2. The Morgan fingerprint density at radius 3 is 2.50 bits per heavy atom. The normalized spacial score (nSPS) is 40.1. The quantitative estimate of drug-likeness (QED) is 0.505. The minimum atomic E-state index is -0.360. The molecule has 0 aromatic rings. The predicted molar refractivity (Wildman–Crippen MR) is 51.7 cm³/mol. The molecule has 2 bridgehead atoms. The fourth-order valence-corrected chi connectivity index (χ4v) is 2.78. The van der Waals surface area contributed by atoms with Crippen molar-refractivity contribution in [2.24, 2.45) is 17.3 Å². The van der Waals surface area contributed by atoms with Crippen LogP contribution in [0.5, 0.6) is 0 Å². The van der Waals surface area contributed by atoms with Crippen LogP contribution in [0.3, 0.4) is 0 Å². The molecule has 14 heavy (non-hydrogen) atoms. The van der Waals surface area contributed by atoms with Crippen molar-refractivity contribution in [1.29, 1.82) is 0 Å². The zero-order valence-electron chi connectivity index (χ0n) is 8.82. The molecule has 0 N–H and O–H groups in total. The average molecular weight is 196 g/mol. The van der Waals surface area contributed by atoms with Gasteiger partial charge in [0.05, 0.1) is 5.41 Å². The lowest BCUT2D eigenvalue weighted by Gasteiger charge is -2.30. The number of hydrogen-bond donors (Lipinski definition) is 0. The van der Waals surface area contributed by atoms with Crippen molar-refractivity contribution in [3.63, 3.8) is 0 Å². The molecule has 0 unspecified atom stereocenters. The molecular formula is C11H16O3. The number of ether oxygens (including phenoxy) is 2. The van der Waals surface area contributed by atoms with Crippen LogP contribution < -0.4 is 0 Å². The van der Waals surface area contributed by atoms with Crippen LogP contribution in [0.2, 0.25) is 0 Å². The van der Waals surface area contributed by atoms with Crippen LogP contribution >= 0.6 is 0 Å². The summed E-state index contributed by atoms with van der Waals surface area (Å²) < 4.78 is 10.5. The Hall–Kier alpha value is -0.670. The van der Waals surface area contributed by atoms with E-state index in [4.69, 9.17) is 9.47 Å². The van der Waals surface area contributed by atoms with E-state index < -0.39 is 0 Å². The molecule has 3 nitrogen and oxygen atoms in total. The molecule has 0 saturated heterocycles. The number of rotatable bonds is 3. The van der Waals surface area contributed by atoms with Crippen LogP contribution in [0.1, 0.15) is 13.3 Å². The van der Waals surface area contributed by atoms with Crippen molar-refractivity contribution in [1.82, 2.24) is 0 Å².